The van der Waals surface area contributed by atoms with Gasteiger partial charge in [0.15, 0.2) is 0 Å². The van der Waals surface area contributed by atoms with Crippen molar-refractivity contribution in [3.05, 3.63) is 0 Å². The molecule has 10 heavy (non-hydrogen) atoms. The van der Waals surface area contributed by atoms with E-state index < -0.39 is 0 Å². The third-order valence-corrected chi connectivity index (χ3v) is 2.99. The molecule has 1 N–H and O–H groups in total. The lowest BCUT2D eigenvalue weighted by Gasteiger charge is -2.11. The molecule has 2 heteroatoms. The SMILES string of the molecule is CNC[C@H]1C2CN(C)C[C@@H]21. The number of piperidine rings is 1. The Kier molecular flexibility index (Phi) is 1.46. The minimum Gasteiger partial charge on any atom is -0.319 e. The van der Waals surface area contributed by atoms with Gasteiger partial charge in [0.2, 0.25) is 0 Å². The predicted octanol–water partition coefficient (Wildman–Crippen LogP) is 0.0134. The molecule has 1 saturated heterocycles. The van der Waals surface area contributed by atoms with Crippen LogP contribution in [0.25, 0.3) is 0 Å². The number of rotatable bonds is 2. The van der Waals surface area contributed by atoms with Crippen molar-refractivity contribution in [3.63, 3.8) is 0 Å². The molecule has 1 heterocycles. The maximum atomic E-state index is 3.25. The first-order valence-electron chi connectivity index (χ1n) is 4.16. The van der Waals surface area contributed by atoms with E-state index in [4.69, 9.17) is 0 Å². The van der Waals surface area contributed by atoms with Crippen molar-refractivity contribution in [1.82, 2.24) is 10.2 Å². The van der Waals surface area contributed by atoms with Crippen molar-refractivity contribution in [1.29, 1.82) is 0 Å². The second-order valence-corrected chi connectivity index (χ2v) is 3.77. The van der Waals surface area contributed by atoms with Crippen LogP contribution in [0.3, 0.4) is 0 Å². The molecule has 2 nitrogen and oxygen atoms in total. The normalized spacial score (nSPS) is 45.6. The summed E-state index contributed by atoms with van der Waals surface area (Å²) in [5.74, 6) is 3.09. The molecule has 0 bridgehead atoms. The number of fused-ring (bicyclic) bond motifs is 1. The van der Waals surface area contributed by atoms with Crippen molar-refractivity contribution in [2.24, 2.45) is 17.8 Å². The Balaban J connectivity index is 1.81. The topological polar surface area (TPSA) is 15.3 Å². The Bertz CT molecular complexity index is 116. The number of nitrogens with zero attached hydrogens (tertiary/aromatic N) is 1. The summed E-state index contributed by atoms with van der Waals surface area (Å²) in [6.07, 6.45) is 0. The van der Waals surface area contributed by atoms with Gasteiger partial charge in [-0.05, 0) is 38.4 Å². The Labute approximate surface area is 62.6 Å². The van der Waals surface area contributed by atoms with Crippen LogP contribution in [0, 0.1) is 17.8 Å². The first-order chi connectivity index (χ1) is 4.83. The number of hydrogen-bond donors (Lipinski definition) is 1. The third-order valence-electron chi connectivity index (χ3n) is 2.99. The molecule has 0 radical (unpaired) electrons. The zero-order valence-electron chi connectivity index (χ0n) is 6.80. The maximum Gasteiger partial charge on any atom is 0.00132 e. The Hall–Kier alpha value is -0.0800. The van der Waals surface area contributed by atoms with Crippen molar-refractivity contribution >= 4 is 0 Å². The van der Waals surface area contributed by atoms with Gasteiger partial charge in [-0.3, -0.25) is 0 Å². The molecule has 0 aromatic rings. The minimum atomic E-state index is 1.01. The molecule has 0 aromatic carbocycles. The van der Waals surface area contributed by atoms with Crippen LogP contribution in [0.2, 0.25) is 0 Å². The van der Waals surface area contributed by atoms with Crippen LogP contribution >= 0.6 is 0 Å². The molecular formula is C8H16N2. The number of nitrogens with one attached hydrogen (secondary N) is 1. The van der Waals surface area contributed by atoms with Crippen LogP contribution in [0.4, 0.5) is 0 Å². The van der Waals surface area contributed by atoms with E-state index in [2.05, 4.69) is 24.3 Å². The van der Waals surface area contributed by atoms with Crippen molar-refractivity contribution < 1.29 is 0 Å². The van der Waals surface area contributed by atoms with Gasteiger partial charge >= 0.3 is 0 Å². The van der Waals surface area contributed by atoms with Gasteiger partial charge in [0.05, 0.1) is 0 Å². The van der Waals surface area contributed by atoms with Crippen molar-refractivity contribution in [2.45, 2.75) is 0 Å². The molecule has 1 aliphatic carbocycles. The second-order valence-electron chi connectivity index (χ2n) is 3.77. The maximum absolute atomic E-state index is 3.25. The first kappa shape index (κ1) is 6.62. The lowest BCUT2D eigenvalue weighted by molar-refractivity contribution is 0.342. The zero-order chi connectivity index (χ0) is 7.14. The lowest BCUT2D eigenvalue weighted by Crippen LogP contribution is -2.22. The molecule has 0 amide bonds. The fourth-order valence-electron chi connectivity index (χ4n) is 2.40. The van der Waals surface area contributed by atoms with Crippen LogP contribution in [0.1, 0.15) is 0 Å². The van der Waals surface area contributed by atoms with Gasteiger partial charge < -0.3 is 10.2 Å². The smallest absolute Gasteiger partial charge is 0.00132 e. The molecule has 1 unspecified atom stereocenters. The molecule has 1 aliphatic heterocycles. The van der Waals surface area contributed by atoms with Gasteiger partial charge in [0.25, 0.3) is 0 Å². The molecule has 2 aliphatic rings. The monoisotopic (exact) mass is 140 g/mol. The summed E-state index contributed by atoms with van der Waals surface area (Å²) in [5, 5.41) is 3.25. The van der Waals surface area contributed by atoms with Crippen LogP contribution in [0.5, 0.6) is 0 Å². The molecule has 58 valence electrons. The quantitative estimate of drug-likeness (QED) is 0.581. The van der Waals surface area contributed by atoms with E-state index in [0.717, 1.165) is 17.8 Å². The largest absolute Gasteiger partial charge is 0.319 e. The summed E-state index contributed by atoms with van der Waals surface area (Å²) in [4.78, 5) is 2.45. The number of likely N-dealkylation sites (tertiary alicyclic amines) is 1. The van der Waals surface area contributed by atoms with E-state index in [1.165, 1.54) is 19.6 Å². The summed E-state index contributed by atoms with van der Waals surface area (Å²) >= 11 is 0. The number of hydrogen-bond acceptors (Lipinski definition) is 2. The van der Waals surface area contributed by atoms with Gasteiger partial charge in [-0.2, -0.15) is 0 Å². The van der Waals surface area contributed by atoms with E-state index >= 15 is 0 Å². The van der Waals surface area contributed by atoms with E-state index in [1.54, 1.807) is 0 Å². The van der Waals surface area contributed by atoms with Gasteiger partial charge in [0, 0.05) is 13.1 Å². The summed E-state index contributed by atoms with van der Waals surface area (Å²) in [7, 11) is 4.28. The van der Waals surface area contributed by atoms with Crippen LogP contribution in [0.15, 0.2) is 0 Å². The summed E-state index contributed by atoms with van der Waals surface area (Å²) in [5.41, 5.74) is 0. The van der Waals surface area contributed by atoms with E-state index in [-0.39, 0.29) is 0 Å². The Morgan fingerprint density at radius 1 is 1.40 bits per heavy atom. The highest BCUT2D eigenvalue weighted by atomic mass is 15.2. The average Bonchev–Trinajstić information content (AvgIpc) is 2.43. The van der Waals surface area contributed by atoms with E-state index in [0.29, 0.717) is 0 Å². The highest BCUT2D eigenvalue weighted by Crippen LogP contribution is 2.50. The predicted molar refractivity (Wildman–Crippen MR) is 41.9 cm³/mol. The highest BCUT2D eigenvalue weighted by Gasteiger charge is 2.53. The average molecular weight is 140 g/mol. The molecule has 3 atom stereocenters. The first-order valence-corrected chi connectivity index (χ1v) is 4.16. The lowest BCUT2D eigenvalue weighted by atomic mass is 10.3. The van der Waals surface area contributed by atoms with Gasteiger partial charge in [-0.25, -0.2) is 0 Å². The zero-order valence-corrected chi connectivity index (χ0v) is 6.80. The second kappa shape index (κ2) is 2.21. The van der Waals surface area contributed by atoms with Gasteiger partial charge in [-0.15, -0.1) is 0 Å². The van der Waals surface area contributed by atoms with Crippen LogP contribution in [-0.2, 0) is 0 Å². The summed E-state index contributed by atoms with van der Waals surface area (Å²) in [6.45, 7) is 3.93. The summed E-state index contributed by atoms with van der Waals surface area (Å²) < 4.78 is 0. The highest BCUT2D eigenvalue weighted by molar-refractivity contribution is 5.04. The minimum absolute atomic E-state index is 1.01. The van der Waals surface area contributed by atoms with Gasteiger partial charge in [0.1, 0.15) is 0 Å². The van der Waals surface area contributed by atoms with Crippen LogP contribution in [-0.4, -0.2) is 38.6 Å². The summed E-state index contributed by atoms with van der Waals surface area (Å²) in [6, 6.07) is 0. The fraction of sp³-hybridized carbons (Fsp3) is 1.00. The van der Waals surface area contributed by atoms with Gasteiger partial charge in [-0.1, -0.05) is 0 Å². The molecular weight excluding hydrogens is 124 g/mol. The van der Waals surface area contributed by atoms with Crippen LogP contribution < -0.4 is 5.32 Å². The Morgan fingerprint density at radius 2 is 2.00 bits per heavy atom. The Morgan fingerprint density at radius 3 is 2.50 bits per heavy atom. The van der Waals surface area contributed by atoms with Crippen molar-refractivity contribution in [2.75, 3.05) is 33.7 Å². The van der Waals surface area contributed by atoms with Crippen molar-refractivity contribution in [3.8, 4) is 0 Å². The van der Waals surface area contributed by atoms with E-state index in [9.17, 15) is 0 Å². The fourth-order valence-corrected chi connectivity index (χ4v) is 2.40. The molecule has 1 saturated carbocycles. The molecule has 2 fully saturated rings. The molecule has 2 rings (SSSR count). The van der Waals surface area contributed by atoms with E-state index in [1.807, 2.05) is 0 Å². The molecule has 0 aromatic heterocycles. The molecule has 0 spiro atoms. The standard InChI is InChI=1S/C8H16N2/c1-9-3-6-7-4-10(2)5-8(6)7/h6-9H,3-5H2,1-2H3/t6-,7-,8?/m1/s1. The third kappa shape index (κ3) is 0.867.